The normalized spacial score (nSPS) is 43.0. The Morgan fingerprint density at radius 3 is 2.80 bits per heavy atom. The lowest BCUT2D eigenvalue weighted by Crippen LogP contribution is -2.66. The Morgan fingerprint density at radius 1 is 1.28 bits per heavy atom. The molecule has 0 aromatic rings. The summed E-state index contributed by atoms with van der Waals surface area (Å²) >= 11 is 0. The summed E-state index contributed by atoms with van der Waals surface area (Å²) in [5, 5.41) is 3.36. The minimum Gasteiger partial charge on any atom is -0.456 e. The first-order valence-corrected chi connectivity index (χ1v) is 8.32. The summed E-state index contributed by atoms with van der Waals surface area (Å²) in [6.45, 7) is 1.22. The minimum atomic E-state index is -4.70. The molecule has 138 valence electrons. The van der Waals surface area contributed by atoms with Crippen LogP contribution in [0.15, 0.2) is 16.4 Å². The fourth-order valence-electron chi connectivity index (χ4n) is 4.67. The number of allylic oxidation sites excluding steroid dienone is 1. The van der Waals surface area contributed by atoms with Crippen molar-refractivity contribution in [1.29, 1.82) is 0 Å². The molecule has 4 heterocycles. The van der Waals surface area contributed by atoms with Gasteiger partial charge in [0.05, 0.1) is 6.54 Å². The van der Waals surface area contributed by atoms with E-state index in [9.17, 15) is 13.2 Å². The van der Waals surface area contributed by atoms with Crippen molar-refractivity contribution in [3.05, 3.63) is 21.8 Å². The molecule has 1 spiro atoms. The predicted octanol–water partition coefficient (Wildman–Crippen LogP) is 4.11. The van der Waals surface area contributed by atoms with Crippen LogP contribution in [0.2, 0.25) is 0 Å². The van der Waals surface area contributed by atoms with E-state index >= 15 is 0 Å². The Balaban J connectivity index is 1.87. The molecule has 7 nitrogen and oxygen atoms in total. The molecule has 10 heteroatoms. The highest BCUT2D eigenvalue weighted by atomic mass is 19.4. The Bertz CT molecular complexity index is 663. The van der Waals surface area contributed by atoms with Gasteiger partial charge >= 0.3 is 6.18 Å². The predicted molar refractivity (Wildman–Crippen MR) is 76.4 cm³/mol. The highest BCUT2D eigenvalue weighted by molar-refractivity contribution is 5.28. The summed E-state index contributed by atoms with van der Waals surface area (Å²) < 4.78 is 51.9. The number of halogens is 3. The van der Waals surface area contributed by atoms with Gasteiger partial charge in [0.15, 0.2) is 5.60 Å². The summed E-state index contributed by atoms with van der Waals surface area (Å²) in [4.78, 5) is 13.8. The molecule has 2 bridgehead atoms. The number of azide groups is 1. The molecular formula is C15H18F3N3O4. The SMILES string of the molecule is C[C@]12CCC3CCC[C@H]4C(CN=[N+]=[N-])=C(C(F)(F)F)OC(O1)[C@@]34OO2. The number of hydrogen-bond acceptors (Lipinski definition) is 5. The molecule has 2 unspecified atom stereocenters. The summed E-state index contributed by atoms with van der Waals surface area (Å²) in [5.41, 5.74) is 7.37. The average Bonchev–Trinajstić information content (AvgIpc) is 2.78. The first kappa shape index (κ1) is 17.0. The standard InChI is InChI=1S/C15H18F3N3O4/c1-13-6-5-8-3-2-4-10-9(7-20-21-19)11(15(16,17)18)22-12(23-13)14(8,10)25-24-13/h8,10,12H,2-7H2,1H3/t8?,10-,12?,13-,14+/m0/s1. The van der Waals surface area contributed by atoms with Gasteiger partial charge in [-0.1, -0.05) is 11.5 Å². The van der Waals surface area contributed by atoms with E-state index < -0.39 is 42.1 Å². The van der Waals surface area contributed by atoms with Gasteiger partial charge in [0, 0.05) is 17.3 Å². The molecule has 25 heavy (non-hydrogen) atoms. The van der Waals surface area contributed by atoms with Gasteiger partial charge in [0.2, 0.25) is 17.8 Å². The quantitative estimate of drug-likeness (QED) is 0.320. The maximum absolute atomic E-state index is 13.6. The van der Waals surface area contributed by atoms with Gasteiger partial charge in [-0.3, -0.25) is 0 Å². The van der Waals surface area contributed by atoms with Crippen molar-refractivity contribution < 1.29 is 32.4 Å². The fourth-order valence-corrected chi connectivity index (χ4v) is 4.67. The van der Waals surface area contributed by atoms with E-state index in [1.807, 2.05) is 0 Å². The molecule has 0 radical (unpaired) electrons. The van der Waals surface area contributed by atoms with Crippen LogP contribution in [-0.4, -0.2) is 30.4 Å². The third kappa shape index (κ3) is 2.43. The van der Waals surface area contributed by atoms with Crippen LogP contribution in [0.25, 0.3) is 10.4 Å². The monoisotopic (exact) mass is 361 g/mol. The Morgan fingerprint density at radius 2 is 2.08 bits per heavy atom. The van der Waals surface area contributed by atoms with E-state index in [4.69, 9.17) is 24.8 Å². The van der Waals surface area contributed by atoms with Crippen LogP contribution in [0.5, 0.6) is 0 Å². The molecule has 4 aliphatic heterocycles. The topological polar surface area (TPSA) is 85.7 Å². The molecule has 4 fully saturated rings. The molecule has 1 aliphatic carbocycles. The van der Waals surface area contributed by atoms with Gasteiger partial charge in [-0.05, 0) is 43.2 Å². The van der Waals surface area contributed by atoms with Gasteiger partial charge in [0.1, 0.15) is 0 Å². The van der Waals surface area contributed by atoms with Gasteiger partial charge in [-0.2, -0.15) is 13.2 Å². The summed E-state index contributed by atoms with van der Waals surface area (Å²) in [5.74, 6) is -2.93. The molecule has 5 atom stereocenters. The lowest BCUT2D eigenvalue weighted by molar-refractivity contribution is -0.556. The zero-order valence-electron chi connectivity index (χ0n) is 13.6. The highest BCUT2D eigenvalue weighted by Gasteiger charge is 2.68. The van der Waals surface area contributed by atoms with Gasteiger partial charge in [-0.15, -0.1) is 0 Å². The van der Waals surface area contributed by atoms with Gasteiger partial charge in [0.25, 0.3) is 0 Å². The smallest absolute Gasteiger partial charge is 0.448 e. The zero-order valence-corrected chi connectivity index (χ0v) is 13.6. The largest absolute Gasteiger partial charge is 0.456 e. The molecule has 0 amide bonds. The van der Waals surface area contributed by atoms with Crippen LogP contribution in [0.1, 0.15) is 39.0 Å². The van der Waals surface area contributed by atoms with E-state index in [0.717, 1.165) is 12.8 Å². The van der Waals surface area contributed by atoms with Crippen molar-refractivity contribution in [3.8, 4) is 0 Å². The first-order valence-electron chi connectivity index (χ1n) is 8.32. The van der Waals surface area contributed by atoms with Crippen LogP contribution in [0.4, 0.5) is 13.2 Å². The Kier molecular flexibility index (Phi) is 3.74. The maximum Gasteiger partial charge on any atom is 0.448 e. The lowest BCUT2D eigenvalue weighted by atomic mass is 9.63. The van der Waals surface area contributed by atoms with Crippen molar-refractivity contribution in [2.75, 3.05) is 6.54 Å². The van der Waals surface area contributed by atoms with Crippen molar-refractivity contribution in [3.63, 3.8) is 0 Å². The van der Waals surface area contributed by atoms with E-state index in [1.165, 1.54) is 0 Å². The van der Waals surface area contributed by atoms with Crippen LogP contribution >= 0.6 is 0 Å². The highest BCUT2D eigenvalue weighted by Crippen LogP contribution is 2.60. The second-order valence-electron chi connectivity index (χ2n) is 7.18. The van der Waals surface area contributed by atoms with Gasteiger partial charge < -0.3 is 9.47 Å². The lowest BCUT2D eigenvalue weighted by Gasteiger charge is -2.56. The number of fused-ring (bicyclic) bond motifs is 2. The number of hydrogen-bond donors (Lipinski definition) is 0. The van der Waals surface area contributed by atoms with E-state index in [0.29, 0.717) is 19.3 Å². The van der Waals surface area contributed by atoms with Crippen LogP contribution in [0.3, 0.4) is 0 Å². The zero-order chi connectivity index (χ0) is 17.9. The van der Waals surface area contributed by atoms with E-state index in [1.54, 1.807) is 6.92 Å². The molecule has 0 aromatic carbocycles. The van der Waals surface area contributed by atoms with Gasteiger partial charge in [-0.25, -0.2) is 9.78 Å². The minimum absolute atomic E-state index is 0.0450. The molecule has 0 aromatic heterocycles. The molecule has 0 N–H and O–H groups in total. The maximum atomic E-state index is 13.6. The van der Waals surface area contributed by atoms with Crippen molar-refractivity contribution in [2.24, 2.45) is 17.0 Å². The first-order chi connectivity index (χ1) is 11.8. The molecular weight excluding hydrogens is 343 g/mol. The van der Waals surface area contributed by atoms with Crippen LogP contribution in [0, 0.1) is 11.8 Å². The van der Waals surface area contributed by atoms with Crippen molar-refractivity contribution >= 4 is 0 Å². The molecule has 3 saturated heterocycles. The second kappa shape index (κ2) is 5.51. The van der Waals surface area contributed by atoms with Crippen LogP contribution in [-0.2, 0) is 19.2 Å². The third-order valence-corrected chi connectivity index (χ3v) is 5.76. The third-order valence-electron chi connectivity index (χ3n) is 5.76. The van der Waals surface area contributed by atoms with E-state index in [2.05, 4.69) is 10.0 Å². The number of nitrogens with zero attached hydrogens (tertiary/aromatic N) is 3. The second-order valence-corrected chi connectivity index (χ2v) is 7.18. The average molecular weight is 361 g/mol. The number of ether oxygens (including phenoxy) is 2. The Hall–Kier alpha value is -1.48. The molecule has 5 aliphatic rings. The number of alkyl halides is 3. The van der Waals surface area contributed by atoms with E-state index in [-0.39, 0.29) is 11.5 Å². The van der Waals surface area contributed by atoms with Crippen molar-refractivity contribution in [2.45, 2.75) is 62.9 Å². The summed E-state index contributed by atoms with van der Waals surface area (Å²) in [6.07, 6.45) is -2.65. The molecule has 5 rings (SSSR count). The summed E-state index contributed by atoms with van der Waals surface area (Å²) in [6, 6.07) is 0. The van der Waals surface area contributed by atoms with Crippen LogP contribution < -0.4 is 0 Å². The number of rotatable bonds is 2. The molecule has 1 saturated carbocycles. The summed E-state index contributed by atoms with van der Waals surface area (Å²) in [7, 11) is 0. The van der Waals surface area contributed by atoms with Crippen molar-refractivity contribution in [1.82, 2.24) is 0 Å². The fraction of sp³-hybridized carbons (Fsp3) is 0.867. The Labute approximate surface area is 141 Å².